The number of pyridine rings is 3. The Balaban J connectivity index is 1.39. The Labute approximate surface area is 232 Å². The Morgan fingerprint density at radius 2 is 1.28 bits per heavy atom. The van der Waals surface area contributed by atoms with E-state index >= 15 is 0 Å². The van der Waals surface area contributed by atoms with E-state index in [1.165, 1.54) is 0 Å². The van der Waals surface area contributed by atoms with Crippen molar-refractivity contribution in [3.63, 3.8) is 0 Å². The molecule has 0 amide bonds. The molecule has 3 aromatic heterocycles. The average Bonchev–Trinajstić information content (AvgIpc) is 2.94. The minimum atomic E-state index is -0.169. The first-order chi connectivity index (χ1) is 19.2. The molecule has 1 atom stereocenters. The van der Waals surface area contributed by atoms with Gasteiger partial charge in [-0.1, -0.05) is 18.2 Å². The van der Waals surface area contributed by atoms with Crippen molar-refractivity contribution in [2.45, 2.75) is 51.7 Å². The first-order valence-electron chi connectivity index (χ1n) is 13.9. The Morgan fingerprint density at radius 1 is 0.692 bits per heavy atom. The molecule has 8 heteroatoms. The lowest BCUT2D eigenvalue weighted by Gasteiger charge is -2.19. The maximum Gasteiger partial charge on any atom is 0.104 e. The third kappa shape index (κ3) is 10.1. The summed E-state index contributed by atoms with van der Waals surface area (Å²) >= 11 is 0. The van der Waals surface area contributed by atoms with E-state index in [0.29, 0.717) is 52.9 Å². The Kier molecular flexibility index (Phi) is 12.3. The minimum absolute atomic E-state index is 0.143. The second-order valence-electron chi connectivity index (χ2n) is 9.76. The van der Waals surface area contributed by atoms with Gasteiger partial charge >= 0.3 is 0 Å². The summed E-state index contributed by atoms with van der Waals surface area (Å²) in [6.07, 6.45) is 2.94. The fourth-order valence-electron chi connectivity index (χ4n) is 4.47. The molecule has 0 N–H and O–H groups in total. The molecule has 39 heavy (non-hydrogen) atoms. The van der Waals surface area contributed by atoms with E-state index in [1.807, 2.05) is 68.4 Å². The van der Waals surface area contributed by atoms with Gasteiger partial charge < -0.3 is 23.7 Å². The van der Waals surface area contributed by atoms with Crippen molar-refractivity contribution in [2.24, 2.45) is 0 Å². The Hall–Kier alpha value is -2.75. The summed E-state index contributed by atoms with van der Waals surface area (Å²) in [6, 6.07) is 18.2. The number of hydrogen-bond donors (Lipinski definition) is 0. The normalized spacial score (nSPS) is 18.4. The highest BCUT2D eigenvalue weighted by molar-refractivity contribution is 5.35. The zero-order chi connectivity index (χ0) is 27.1. The van der Waals surface area contributed by atoms with Crippen molar-refractivity contribution in [2.75, 3.05) is 52.9 Å². The highest BCUT2D eigenvalue weighted by Gasteiger charge is 2.22. The van der Waals surface area contributed by atoms with Gasteiger partial charge in [-0.3, -0.25) is 15.0 Å². The molecule has 1 fully saturated rings. The zero-order valence-electron chi connectivity index (χ0n) is 23.2. The lowest BCUT2D eigenvalue weighted by atomic mass is 9.95. The lowest BCUT2D eigenvalue weighted by molar-refractivity contribution is -0.0713. The van der Waals surface area contributed by atoms with E-state index in [2.05, 4.69) is 0 Å². The number of aryl methyl sites for hydroxylation is 2. The van der Waals surface area contributed by atoms with Gasteiger partial charge in [0.15, 0.2) is 0 Å². The standard InChI is InChI=1S/C31H41N3O5/c1-24-9-6-12-28(32-24)31(29-13-7-10-25(2)33-29)30-14-8-11-26(34-30)21-38-23-27-22-37-20-19-36-18-17-35-15-4-3-5-16-39-27/h6-14,27,31H,3-5,15-23H2,1-2H3. The van der Waals surface area contributed by atoms with Crippen LogP contribution in [0, 0.1) is 13.8 Å². The SMILES string of the molecule is Cc1cccc(C(c2cccc(C)n2)c2cccc(COCC3COCCOCCOCCCCCO3)n2)n1. The van der Waals surface area contributed by atoms with Gasteiger partial charge in [-0.25, -0.2) is 0 Å². The monoisotopic (exact) mass is 535 g/mol. The molecule has 0 saturated carbocycles. The van der Waals surface area contributed by atoms with Gasteiger partial charge in [-0.2, -0.15) is 0 Å². The van der Waals surface area contributed by atoms with Crippen LogP contribution in [0.4, 0.5) is 0 Å². The molecule has 1 saturated heterocycles. The summed E-state index contributed by atoms with van der Waals surface area (Å²) in [6.45, 7) is 9.00. The molecule has 1 unspecified atom stereocenters. The average molecular weight is 536 g/mol. The maximum atomic E-state index is 6.09. The van der Waals surface area contributed by atoms with Crippen molar-refractivity contribution in [3.8, 4) is 0 Å². The number of nitrogens with zero attached hydrogens (tertiary/aromatic N) is 3. The van der Waals surface area contributed by atoms with Gasteiger partial charge in [0, 0.05) is 24.6 Å². The molecule has 1 aliphatic heterocycles. The van der Waals surface area contributed by atoms with E-state index in [1.54, 1.807) is 0 Å². The van der Waals surface area contributed by atoms with Gasteiger partial charge in [0.1, 0.15) is 6.10 Å². The van der Waals surface area contributed by atoms with Crippen molar-refractivity contribution in [3.05, 3.63) is 88.8 Å². The lowest BCUT2D eigenvalue weighted by Crippen LogP contribution is -2.27. The van der Waals surface area contributed by atoms with Crippen LogP contribution in [0.1, 0.15) is 59.3 Å². The number of rotatable bonds is 7. The van der Waals surface area contributed by atoms with Crippen LogP contribution in [-0.2, 0) is 30.3 Å². The fourth-order valence-corrected chi connectivity index (χ4v) is 4.47. The predicted octanol–water partition coefficient (Wildman–Crippen LogP) is 4.80. The topological polar surface area (TPSA) is 84.8 Å². The van der Waals surface area contributed by atoms with E-state index in [0.717, 1.165) is 60.0 Å². The highest BCUT2D eigenvalue weighted by Crippen LogP contribution is 2.29. The molecule has 1 aliphatic rings. The molecule has 3 aromatic rings. The first kappa shape index (κ1) is 29.2. The van der Waals surface area contributed by atoms with Crippen molar-refractivity contribution in [1.29, 1.82) is 0 Å². The first-order valence-corrected chi connectivity index (χ1v) is 13.9. The highest BCUT2D eigenvalue weighted by atomic mass is 16.6. The van der Waals surface area contributed by atoms with Crippen molar-refractivity contribution >= 4 is 0 Å². The van der Waals surface area contributed by atoms with Crippen LogP contribution >= 0.6 is 0 Å². The summed E-state index contributed by atoms with van der Waals surface area (Å²) < 4.78 is 29.1. The summed E-state index contributed by atoms with van der Waals surface area (Å²) in [5.41, 5.74) is 5.52. The predicted molar refractivity (Wildman–Crippen MR) is 149 cm³/mol. The molecular weight excluding hydrogens is 494 g/mol. The summed E-state index contributed by atoms with van der Waals surface area (Å²) in [4.78, 5) is 14.6. The largest absolute Gasteiger partial charge is 0.379 e. The van der Waals surface area contributed by atoms with E-state index < -0.39 is 0 Å². The molecule has 0 radical (unpaired) electrons. The minimum Gasteiger partial charge on any atom is -0.379 e. The fraction of sp³-hybridized carbons (Fsp3) is 0.516. The molecule has 8 nitrogen and oxygen atoms in total. The molecule has 0 aliphatic carbocycles. The van der Waals surface area contributed by atoms with Gasteiger partial charge in [-0.15, -0.1) is 0 Å². The van der Waals surface area contributed by atoms with Crippen LogP contribution in [0.5, 0.6) is 0 Å². The molecule has 210 valence electrons. The molecular formula is C31H41N3O5. The van der Waals surface area contributed by atoms with Crippen LogP contribution in [0.2, 0.25) is 0 Å². The van der Waals surface area contributed by atoms with Crippen LogP contribution in [-0.4, -0.2) is 73.9 Å². The van der Waals surface area contributed by atoms with Gasteiger partial charge in [0.2, 0.25) is 0 Å². The zero-order valence-corrected chi connectivity index (χ0v) is 23.2. The number of ether oxygens (including phenoxy) is 5. The van der Waals surface area contributed by atoms with E-state index in [9.17, 15) is 0 Å². The Bertz CT molecular complexity index is 1070. The van der Waals surface area contributed by atoms with Crippen molar-refractivity contribution in [1.82, 2.24) is 15.0 Å². The molecule has 0 bridgehead atoms. The second-order valence-corrected chi connectivity index (χ2v) is 9.76. The van der Waals surface area contributed by atoms with Gasteiger partial charge in [0.05, 0.1) is 74.9 Å². The second kappa shape index (κ2) is 16.4. The van der Waals surface area contributed by atoms with Crippen LogP contribution in [0.15, 0.2) is 54.6 Å². The maximum absolute atomic E-state index is 6.09. The van der Waals surface area contributed by atoms with Crippen molar-refractivity contribution < 1.29 is 23.7 Å². The number of aromatic nitrogens is 3. The van der Waals surface area contributed by atoms with Crippen LogP contribution < -0.4 is 0 Å². The Morgan fingerprint density at radius 3 is 1.97 bits per heavy atom. The summed E-state index contributed by atoms with van der Waals surface area (Å²) in [5.74, 6) is -0.169. The molecule has 0 aromatic carbocycles. The third-order valence-corrected chi connectivity index (χ3v) is 6.42. The molecule has 4 rings (SSSR count). The van der Waals surface area contributed by atoms with Gasteiger partial charge in [0.25, 0.3) is 0 Å². The van der Waals surface area contributed by atoms with E-state index in [-0.39, 0.29) is 12.0 Å². The van der Waals surface area contributed by atoms with E-state index in [4.69, 9.17) is 38.6 Å². The quantitative estimate of drug-likeness (QED) is 0.426. The molecule has 4 heterocycles. The summed E-state index contributed by atoms with van der Waals surface area (Å²) in [5, 5.41) is 0. The van der Waals surface area contributed by atoms with Crippen LogP contribution in [0.25, 0.3) is 0 Å². The third-order valence-electron chi connectivity index (χ3n) is 6.42. The summed E-state index contributed by atoms with van der Waals surface area (Å²) in [7, 11) is 0. The van der Waals surface area contributed by atoms with Gasteiger partial charge in [-0.05, 0) is 69.5 Å². The van der Waals surface area contributed by atoms with Crippen LogP contribution in [0.3, 0.4) is 0 Å². The smallest absolute Gasteiger partial charge is 0.104 e. The number of hydrogen-bond acceptors (Lipinski definition) is 8. The molecule has 0 spiro atoms.